The lowest BCUT2D eigenvalue weighted by molar-refractivity contribution is 0.167. The van der Waals surface area contributed by atoms with Gasteiger partial charge in [0.2, 0.25) is 0 Å². The molecule has 0 atom stereocenters. The first kappa shape index (κ1) is 15.2. The fourth-order valence-corrected chi connectivity index (χ4v) is 3.54. The first-order valence-corrected chi connectivity index (χ1v) is 8.09. The molecule has 1 rings (SSSR count). The average Bonchev–Trinajstić information content (AvgIpc) is 2.23. The van der Waals surface area contributed by atoms with E-state index in [1.165, 1.54) is 0 Å². The van der Waals surface area contributed by atoms with Crippen LogP contribution in [-0.4, -0.2) is 13.2 Å². The SMILES string of the molecule is CCOP(=O)(OCC)Oc1ccc(Br)cc1Br. The van der Waals surface area contributed by atoms with Crippen LogP contribution in [-0.2, 0) is 13.6 Å². The maximum Gasteiger partial charge on any atom is 0.530 e. The van der Waals surface area contributed by atoms with Crippen LogP contribution in [0.5, 0.6) is 5.75 Å². The molecule has 0 aliphatic carbocycles. The molecule has 0 amide bonds. The number of benzene rings is 1. The zero-order valence-electron chi connectivity index (χ0n) is 9.48. The highest BCUT2D eigenvalue weighted by Crippen LogP contribution is 2.50. The molecular weight excluding hydrogens is 375 g/mol. The minimum atomic E-state index is -3.53. The van der Waals surface area contributed by atoms with Gasteiger partial charge in [-0.25, -0.2) is 4.57 Å². The fraction of sp³-hybridized carbons (Fsp3) is 0.400. The third-order valence-electron chi connectivity index (χ3n) is 1.68. The molecule has 0 N–H and O–H groups in total. The Balaban J connectivity index is 2.89. The molecule has 7 heteroatoms. The Morgan fingerprint density at radius 2 is 1.76 bits per heavy atom. The Hall–Kier alpha value is 0.130. The molecule has 4 nitrogen and oxygen atoms in total. The summed E-state index contributed by atoms with van der Waals surface area (Å²) in [5, 5.41) is 0. The van der Waals surface area contributed by atoms with Crippen molar-refractivity contribution in [3.05, 3.63) is 27.1 Å². The molecule has 0 aromatic heterocycles. The molecule has 0 spiro atoms. The van der Waals surface area contributed by atoms with Gasteiger partial charge in [-0.15, -0.1) is 0 Å². The zero-order chi connectivity index (χ0) is 12.9. The van der Waals surface area contributed by atoms with E-state index in [9.17, 15) is 4.57 Å². The van der Waals surface area contributed by atoms with Crippen LogP contribution in [0.2, 0.25) is 0 Å². The number of rotatable bonds is 6. The Bertz CT molecular complexity index is 415. The molecule has 0 radical (unpaired) electrons. The Morgan fingerprint density at radius 3 is 2.24 bits per heavy atom. The molecule has 0 saturated carbocycles. The molecule has 17 heavy (non-hydrogen) atoms. The van der Waals surface area contributed by atoms with Gasteiger partial charge in [-0.3, -0.25) is 9.05 Å². The quantitative estimate of drug-likeness (QED) is 0.659. The van der Waals surface area contributed by atoms with E-state index in [2.05, 4.69) is 31.9 Å². The minimum Gasteiger partial charge on any atom is -0.403 e. The van der Waals surface area contributed by atoms with Crippen LogP contribution in [0.15, 0.2) is 27.1 Å². The van der Waals surface area contributed by atoms with Crippen molar-refractivity contribution in [3.63, 3.8) is 0 Å². The number of hydrogen-bond donors (Lipinski definition) is 0. The number of phosphoric ester groups is 1. The maximum absolute atomic E-state index is 12.1. The van der Waals surface area contributed by atoms with Crippen molar-refractivity contribution in [1.29, 1.82) is 0 Å². The molecule has 0 aliphatic heterocycles. The van der Waals surface area contributed by atoms with E-state index < -0.39 is 7.82 Å². The second-order valence-corrected chi connectivity index (χ2v) is 6.31. The number of phosphoric acid groups is 1. The maximum atomic E-state index is 12.1. The van der Waals surface area contributed by atoms with E-state index in [1.807, 2.05) is 0 Å². The third kappa shape index (κ3) is 4.72. The summed E-state index contributed by atoms with van der Waals surface area (Å²) < 4.78 is 29.1. The largest absolute Gasteiger partial charge is 0.530 e. The van der Waals surface area contributed by atoms with Gasteiger partial charge in [0.25, 0.3) is 0 Å². The van der Waals surface area contributed by atoms with Gasteiger partial charge in [0.15, 0.2) is 0 Å². The second kappa shape index (κ2) is 6.90. The van der Waals surface area contributed by atoms with Crippen LogP contribution in [0.4, 0.5) is 0 Å². The molecule has 1 aromatic carbocycles. The van der Waals surface area contributed by atoms with Gasteiger partial charge in [-0.1, -0.05) is 15.9 Å². The van der Waals surface area contributed by atoms with E-state index in [1.54, 1.807) is 32.0 Å². The average molecular weight is 388 g/mol. The first-order chi connectivity index (χ1) is 8.00. The molecular formula is C10H13Br2O4P. The second-order valence-electron chi connectivity index (χ2n) is 2.95. The minimum absolute atomic E-state index is 0.255. The van der Waals surface area contributed by atoms with Crippen molar-refractivity contribution in [2.45, 2.75) is 13.8 Å². The van der Waals surface area contributed by atoms with Gasteiger partial charge < -0.3 is 4.52 Å². The Labute approximate surface area is 118 Å². The van der Waals surface area contributed by atoms with Crippen molar-refractivity contribution in [1.82, 2.24) is 0 Å². The van der Waals surface area contributed by atoms with Crippen LogP contribution in [0.1, 0.15) is 13.8 Å². The topological polar surface area (TPSA) is 44.8 Å². The van der Waals surface area contributed by atoms with Crippen LogP contribution in [0.25, 0.3) is 0 Å². The lowest BCUT2D eigenvalue weighted by atomic mass is 10.3. The third-order valence-corrected chi connectivity index (χ3v) is 4.36. The predicted molar refractivity (Wildman–Crippen MR) is 73.3 cm³/mol. The van der Waals surface area contributed by atoms with Gasteiger partial charge >= 0.3 is 7.82 Å². The van der Waals surface area contributed by atoms with Gasteiger partial charge in [-0.2, -0.15) is 0 Å². The van der Waals surface area contributed by atoms with E-state index in [-0.39, 0.29) is 13.2 Å². The van der Waals surface area contributed by atoms with Crippen molar-refractivity contribution in [3.8, 4) is 5.75 Å². The normalized spacial score (nSPS) is 11.5. The molecule has 1 aromatic rings. The highest BCUT2D eigenvalue weighted by atomic mass is 79.9. The van der Waals surface area contributed by atoms with Crippen LogP contribution < -0.4 is 4.52 Å². The monoisotopic (exact) mass is 386 g/mol. The van der Waals surface area contributed by atoms with Crippen LogP contribution >= 0.6 is 39.7 Å². The summed E-state index contributed by atoms with van der Waals surface area (Å²) >= 11 is 6.64. The zero-order valence-corrected chi connectivity index (χ0v) is 13.5. The molecule has 96 valence electrons. The Morgan fingerprint density at radius 1 is 1.18 bits per heavy atom. The highest BCUT2D eigenvalue weighted by molar-refractivity contribution is 9.11. The molecule has 0 unspecified atom stereocenters. The summed E-state index contributed by atoms with van der Waals surface area (Å²) in [7, 11) is -3.53. The lowest BCUT2D eigenvalue weighted by Crippen LogP contribution is -2.02. The van der Waals surface area contributed by atoms with Crippen LogP contribution in [0.3, 0.4) is 0 Å². The van der Waals surface area contributed by atoms with E-state index in [0.717, 1.165) is 4.47 Å². The van der Waals surface area contributed by atoms with Crippen molar-refractivity contribution >= 4 is 39.7 Å². The highest BCUT2D eigenvalue weighted by Gasteiger charge is 2.28. The number of halogens is 2. The summed E-state index contributed by atoms with van der Waals surface area (Å²) in [4.78, 5) is 0. The molecule has 0 bridgehead atoms. The van der Waals surface area contributed by atoms with Gasteiger partial charge in [0, 0.05) is 4.47 Å². The van der Waals surface area contributed by atoms with Gasteiger partial charge in [-0.05, 0) is 48.0 Å². The van der Waals surface area contributed by atoms with E-state index in [0.29, 0.717) is 10.2 Å². The summed E-state index contributed by atoms with van der Waals surface area (Å²) in [6.45, 7) is 3.97. The Kier molecular flexibility index (Phi) is 6.17. The molecule has 0 fully saturated rings. The van der Waals surface area contributed by atoms with Crippen molar-refractivity contribution in [2.24, 2.45) is 0 Å². The summed E-state index contributed by atoms with van der Waals surface area (Å²) in [5.41, 5.74) is 0. The smallest absolute Gasteiger partial charge is 0.403 e. The standard InChI is InChI=1S/C10H13Br2O4P/c1-3-14-17(13,15-4-2)16-10-6-5-8(11)7-9(10)12/h5-7H,3-4H2,1-2H3. The van der Waals surface area contributed by atoms with E-state index >= 15 is 0 Å². The molecule has 0 heterocycles. The lowest BCUT2D eigenvalue weighted by Gasteiger charge is -2.17. The van der Waals surface area contributed by atoms with Crippen molar-refractivity contribution in [2.75, 3.05) is 13.2 Å². The fourth-order valence-electron chi connectivity index (χ4n) is 1.08. The van der Waals surface area contributed by atoms with Crippen molar-refractivity contribution < 1.29 is 18.1 Å². The molecule has 0 aliphatic rings. The predicted octanol–water partition coefficient (Wildman–Crippen LogP) is 4.77. The molecule has 0 saturated heterocycles. The number of hydrogen-bond acceptors (Lipinski definition) is 4. The van der Waals surface area contributed by atoms with Gasteiger partial charge in [0.05, 0.1) is 17.7 Å². The summed E-state index contributed by atoms with van der Waals surface area (Å²) in [5.74, 6) is 0.415. The van der Waals surface area contributed by atoms with Crippen LogP contribution in [0, 0.1) is 0 Å². The van der Waals surface area contributed by atoms with Gasteiger partial charge in [0.1, 0.15) is 5.75 Å². The first-order valence-electron chi connectivity index (χ1n) is 5.04. The summed E-state index contributed by atoms with van der Waals surface area (Å²) in [6.07, 6.45) is 0. The van der Waals surface area contributed by atoms with E-state index in [4.69, 9.17) is 13.6 Å². The summed E-state index contributed by atoms with van der Waals surface area (Å²) in [6, 6.07) is 5.25.